The molecule has 0 unspecified atom stereocenters. The second-order valence-corrected chi connectivity index (χ2v) is 7.92. The molecule has 0 bridgehead atoms. The largest absolute Gasteiger partial charge is 0.486 e. The Morgan fingerprint density at radius 1 is 1.12 bits per heavy atom. The van der Waals surface area contributed by atoms with E-state index in [0.29, 0.717) is 59.2 Å². The second-order valence-electron chi connectivity index (χ2n) is 7.92. The summed E-state index contributed by atoms with van der Waals surface area (Å²) in [7, 11) is 0. The lowest BCUT2D eigenvalue weighted by molar-refractivity contribution is 0.0450. The van der Waals surface area contributed by atoms with Crippen LogP contribution in [0, 0.1) is 5.92 Å². The molecule has 8 nitrogen and oxygen atoms in total. The Bertz CT molecular complexity index is 1330. The number of aromatic nitrogens is 3. The maximum absolute atomic E-state index is 13.1. The Morgan fingerprint density at radius 3 is 2.59 bits per heavy atom. The number of fused-ring (bicyclic) bond motifs is 3. The highest BCUT2D eigenvalue weighted by atomic mass is 16.6. The molecule has 0 amide bonds. The van der Waals surface area contributed by atoms with Gasteiger partial charge in [0, 0.05) is 6.07 Å². The van der Waals surface area contributed by atoms with Crippen molar-refractivity contribution in [2.45, 2.75) is 20.3 Å². The van der Waals surface area contributed by atoms with Crippen LogP contribution in [0.4, 0.5) is 5.82 Å². The first-order valence-corrected chi connectivity index (χ1v) is 10.7. The number of rotatable bonds is 5. The highest BCUT2D eigenvalue weighted by Crippen LogP contribution is 2.36. The van der Waals surface area contributed by atoms with Gasteiger partial charge in [-0.1, -0.05) is 32.4 Å². The highest BCUT2D eigenvalue weighted by Gasteiger charge is 2.27. The molecule has 1 aliphatic heterocycles. The molecule has 0 radical (unpaired) electrons. The van der Waals surface area contributed by atoms with Crippen molar-refractivity contribution < 1.29 is 19.0 Å². The number of nitrogens with zero attached hydrogens (tertiary/aromatic N) is 3. The second kappa shape index (κ2) is 8.03. The van der Waals surface area contributed by atoms with Crippen molar-refractivity contribution >= 4 is 34.0 Å². The average Bonchev–Trinajstić information content (AvgIpc) is 3.11. The molecule has 2 N–H and O–H groups in total. The summed E-state index contributed by atoms with van der Waals surface area (Å²) in [6, 6.07) is 13.0. The number of anilines is 1. The number of carbonyl (C=O) groups excluding carboxylic acids is 1. The van der Waals surface area contributed by atoms with Crippen LogP contribution in [0.1, 0.15) is 30.6 Å². The third-order valence-electron chi connectivity index (χ3n) is 5.68. The van der Waals surface area contributed by atoms with Gasteiger partial charge >= 0.3 is 5.97 Å². The summed E-state index contributed by atoms with van der Waals surface area (Å²) in [6.07, 6.45) is 0.909. The van der Waals surface area contributed by atoms with E-state index in [2.05, 4.69) is 6.92 Å². The molecule has 0 aliphatic carbocycles. The molecule has 3 heterocycles. The summed E-state index contributed by atoms with van der Waals surface area (Å²) in [6.45, 7) is 5.37. The van der Waals surface area contributed by atoms with Gasteiger partial charge in [-0.25, -0.2) is 14.8 Å². The van der Waals surface area contributed by atoms with Gasteiger partial charge in [-0.3, -0.25) is 4.57 Å². The van der Waals surface area contributed by atoms with Crippen molar-refractivity contribution in [1.29, 1.82) is 0 Å². The van der Waals surface area contributed by atoms with Crippen molar-refractivity contribution in [3.63, 3.8) is 0 Å². The van der Waals surface area contributed by atoms with E-state index in [4.69, 9.17) is 29.9 Å². The van der Waals surface area contributed by atoms with Crippen LogP contribution >= 0.6 is 0 Å². The predicted octanol–water partition coefficient (Wildman–Crippen LogP) is 4.13. The van der Waals surface area contributed by atoms with Crippen LogP contribution in [0.2, 0.25) is 0 Å². The number of hydrogen-bond donors (Lipinski definition) is 1. The lowest BCUT2D eigenvalue weighted by Crippen LogP contribution is -2.16. The minimum Gasteiger partial charge on any atom is -0.486 e. The first-order chi connectivity index (χ1) is 15.6. The Hall–Kier alpha value is -3.81. The molecular weight excluding hydrogens is 408 g/mol. The fourth-order valence-corrected chi connectivity index (χ4v) is 3.70. The standard InChI is InChI=1S/C24H24N4O4/c1-3-14(2)13-32-24(29)20-21-23(27-17-7-5-4-6-16(17)26-21)28(22(20)25)15-8-9-18-19(12-15)31-11-10-30-18/h4-9,12,14H,3,10-11,13,25H2,1-2H3/t14-/m0/s1. The molecule has 164 valence electrons. The van der Waals surface area contributed by atoms with Gasteiger partial charge < -0.3 is 19.9 Å². The number of ether oxygens (including phenoxy) is 3. The SMILES string of the molecule is CC[C@H](C)COC(=O)c1c(N)n(-c2ccc3c(c2)OCCO3)c2nc3ccccc3nc12. The van der Waals surface area contributed by atoms with Crippen molar-refractivity contribution in [3.05, 3.63) is 48.0 Å². The van der Waals surface area contributed by atoms with Crippen molar-refractivity contribution in [3.8, 4) is 17.2 Å². The summed E-state index contributed by atoms with van der Waals surface area (Å²) in [5.41, 5.74) is 9.72. The van der Waals surface area contributed by atoms with Gasteiger partial charge in [0.25, 0.3) is 0 Å². The van der Waals surface area contributed by atoms with E-state index in [0.717, 1.165) is 6.42 Å². The fourth-order valence-electron chi connectivity index (χ4n) is 3.70. The summed E-state index contributed by atoms with van der Waals surface area (Å²) >= 11 is 0. The normalized spacial score (nSPS) is 13.9. The Labute approximate surface area is 184 Å². The van der Waals surface area contributed by atoms with Crippen LogP contribution < -0.4 is 15.2 Å². The van der Waals surface area contributed by atoms with E-state index in [9.17, 15) is 4.79 Å². The summed E-state index contributed by atoms with van der Waals surface area (Å²) in [5.74, 6) is 1.25. The first kappa shape index (κ1) is 20.1. The van der Waals surface area contributed by atoms with Gasteiger partial charge in [-0.05, 0) is 30.2 Å². The van der Waals surface area contributed by atoms with E-state index in [1.165, 1.54) is 0 Å². The molecule has 8 heteroatoms. The number of nitrogens with two attached hydrogens (primary N) is 1. The van der Waals surface area contributed by atoms with Crippen molar-refractivity contribution in [1.82, 2.24) is 14.5 Å². The van der Waals surface area contributed by atoms with Gasteiger partial charge in [0.15, 0.2) is 17.1 Å². The van der Waals surface area contributed by atoms with E-state index in [1.54, 1.807) is 4.57 Å². The molecule has 32 heavy (non-hydrogen) atoms. The predicted molar refractivity (Wildman–Crippen MR) is 122 cm³/mol. The molecule has 0 saturated heterocycles. The van der Waals surface area contributed by atoms with Crippen LogP contribution in [0.15, 0.2) is 42.5 Å². The van der Waals surface area contributed by atoms with E-state index >= 15 is 0 Å². The van der Waals surface area contributed by atoms with Gasteiger partial charge in [0.05, 0.1) is 23.3 Å². The molecule has 2 aromatic carbocycles. The van der Waals surface area contributed by atoms with Gasteiger partial charge in [-0.2, -0.15) is 0 Å². The van der Waals surface area contributed by atoms with Crippen molar-refractivity contribution in [2.75, 3.05) is 25.6 Å². The topological polar surface area (TPSA) is 101 Å². The monoisotopic (exact) mass is 432 g/mol. The van der Waals surface area contributed by atoms with E-state index in [-0.39, 0.29) is 17.3 Å². The highest BCUT2D eigenvalue weighted by molar-refractivity contribution is 6.09. The molecule has 0 fully saturated rings. The summed E-state index contributed by atoms with van der Waals surface area (Å²) in [5, 5.41) is 0. The maximum atomic E-state index is 13.1. The Kier molecular flexibility index (Phi) is 5.05. The molecule has 1 aliphatic rings. The maximum Gasteiger partial charge on any atom is 0.344 e. The molecule has 4 aromatic rings. The van der Waals surface area contributed by atoms with Crippen LogP contribution in [0.3, 0.4) is 0 Å². The van der Waals surface area contributed by atoms with Crippen LogP contribution in [0.5, 0.6) is 11.5 Å². The number of nitrogen functional groups attached to an aromatic ring is 1. The van der Waals surface area contributed by atoms with Crippen LogP contribution in [-0.4, -0.2) is 40.3 Å². The minimum absolute atomic E-state index is 0.219. The van der Waals surface area contributed by atoms with Gasteiger partial charge in [0.2, 0.25) is 0 Å². The van der Waals surface area contributed by atoms with E-state index in [1.807, 2.05) is 49.4 Å². The molecule has 0 saturated carbocycles. The zero-order valence-corrected chi connectivity index (χ0v) is 18.0. The number of esters is 1. The average molecular weight is 432 g/mol. The van der Waals surface area contributed by atoms with Gasteiger partial charge in [-0.15, -0.1) is 0 Å². The lowest BCUT2D eigenvalue weighted by atomic mass is 10.1. The number of benzene rings is 2. The first-order valence-electron chi connectivity index (χ1n) is 10.7. The third-order valence-corrected chi connectivity index (χ3v) is 5.68. The van der Waals surface area contributed by atoms with Crippen LogP contribution in [-0.2, 0) is 4.74 Å². The number of hydrogen-bond acceptors (Lipinski definition) is 7. The quantitative estimate of drug-likeness (QED) is 0.473. The Morgan fingerprint density at radius 2 is 1.84 bits per heavy atom. The zero-order valence-electron chi connectivity index (χ0n) is 18.0. The van der Waals surface area contributed by atoms with Gasteiger partial charge in [0.1, 0.15) is 30.1 Å². The molecule has 2 aromatic heterocycles. The summed E-state index contributed by atoms with van der Waals surface area (Å²) in [4.78, 5) is 22.6. The smallest absolute Gasteiger partial charge is 0.344 e. The number of para-hydroxylation sites is 2. The lowest BCUT2D eigenvalue weighted by Gasteiger charge is -2.19. The van der Waals surface area contributed by atoms with Crippen LogP contribution in [0.25, 0.3) is 27.9 Å². The molecule has 5 rings (SSSR count). The minimum atomic E-state index is -0.506. The van der Waals surface area contributed by atoms with Crippen molar-refractivity contribution in [2.24, 2.45) is 5.92 Å². The Balaban J connectivity index is 1.71. The molecule has 1 atom stereocenters. The zero-order chi connectivity index (χ0) is 22.2. The number of carbonyl (C=O) groups is 1. The third kappa shape index (κ3) is 3.37. The molecular formula is C24H24N4O4. The fraction of sp³-hybridized carbons (Fsp3) is 0.292. The van der Waals surface area contributed by atoms with E-state index < -0.39 is 5.97 Å². The summed E-state index contributed by atoms with van der Waals surface area (Å²) < 4.78 is 18.7. The molecule has 0 spiro atoms.